The van der Waals surface area contributed by atoms with Gasteiger partial charge in [-0.05, 0) is 18.2 Å². The van der Waals surface area contributed by atoms with Crippen molar-refractivity contribution in [3.8, 4) is 0 Å². The van der Waals surface area contributed by atoms with Crippen LogP contribution in [0.3, 0.4) is 0 Å². The second kappa shape index (κ2) is 5.93. The maximum absolute atomic E-state index is 11.8. The summed E-state index contributed by atoms with van der Waals surface area (Å²) in [4.78, 5) is 13.9. The van der Waals surface area contributed by atoms with Crippen molar-refractivity contribution in [2.45, 2.75) is 0 Å². The Morgan fingerprint density at radius 1 is 1.47 bits per heavy atom. The summed E-state index contributed by atoms with van der Waals surface area (Å²) in [6.07, 6.45) is 0. The first-order valence-electron chi connectivity index (χ1n) is 5.66. The molecule has 0 atom stereocenters. The molecular weight excluding hydrogens is 234 g/mol. The van der Waals surface area contributed by atoms with Gasteiger partial charge in [0, 0.05) is 36.6 Å². The lowest BCUT2D eigenvalue weighted by Crippen LogP contribution is -2.30. The van der Waals surface area contributed by atoms with Crippen LogP contribution in [0.4, 0.5) is 11.4 Å². The molecule has 1 heterocycles. The molecule has 0 aliphatic carbocycles. The number of nitrogens with zero attached hydrogens (tertiary/aromatic N) is 1. The third kappa shape index (κ3) is 3.64. The monoisotopic (exact) mass is 251 g/mol. The van der Waals surface area contributed by atoms with Gasteiger partial charge in [0.25, 0.3) is 0 Å². The number of nitrogens with one attached hydrogen (secondary N) is 2. The molecule has 1 aliphatic rings. The average molecular weight is 251 g/mol. The van der Waals surface area contributed by atoms with Crippen LogP contribution >= 0.6 is 11.8 Å². The topological polar surface area (TPSA) is 44.4 Å². The Bertz CT molecular complexity index is 391. The van der Waals surface area contributed by atoms with Crippen LogP contribution in [0.2, 0.25) is 0 Å². The molecule has 1 aromatic rings. The molecule has 0 radical (unpaired) electrons. The van der Waals surface area contributed by atoms with Gasteiger partial charge in [0.1, 0.15) is 0 Å². The van der Waals surface area contributed by atoms with Crippen LogP contribution < -0.4 is 10.6 Å². The molecule has 0 spiro atoms. The maximum Gasteiger partial charge on any atom is 0.238 e. The number of benzene rings is 1. The largest absolute Gasteiger partial charge is 0.388 e. The van der Waals surface area contributed by atoms with Crippen LogP contribution in [-0.2, 0) is 4.79 Å². The van der Waals surface area contributed by atoms with Gasteiger partial charge in [-0.3, -0.25) is 9.69 Å². The highest BCUT2D eigenvalue weighted by Gasteiger charge is 2.15. The fourth-order valence-electron chi connectivity index (χ4n) is 1.73. The highest BCUT2D eigenvalue weighted by atomic mass is 32.2. The quantitative estimate of drug-likeness (QED) is 0.854. The number of thioether (sulfide) groups is 1. The molecule has 0 bridgehead atoms. The summed E-state index contributed by atoms with van der Waals surface area (Å²) in [5.41, 5.74) is 1.84. The molecule has 1 fully saturated rings. The number of hydrogen-bond acceptors (Lipinski definition) is 4. The van der Waals surface area contributed by atoms with Crippen molar-refractivity contribution in [3.63, 3.8) is 0 Å². The van der Waals surface area contributed by atoms with Crippen LogP contribution in [0.5, 0.6) is 0 Å². The first-order chi connectivity index (χ1) is 8.28. The van der Waals surface area contributed by atoms with Crippen LogP contribution in [0.25, 0.3) is 0 Å². The fraction of sp³-hybridized carbons (Fsp3) is 0.417. The molecule has 0 saturated carbocycles. The van der Waals surface area contributed by atoms with E-state index in [9.17, 15) is 4.79 Å². The Labute approximate surface area is 106 Å². The van der Waals surface area contributed by atoms with Crippen LogP contribution in [0, 0.1) is 0 Å². The molecule has 17 heavy (non-hydrogen) atoms. The number of rotatable bonds is 4. The first kappa shape index (κ1) is 12.3. The second-order valence-electron chi connectivity index (χ2n) is 3.97. The Hall–Kier alpha value is -1.20. The summed E-state index contributed by atoms with van der Waals surface area (Å²) in [6.45, 7) is 1.49. The van der Waals surface area contributed by atoms with Crippen LogP contribution in [0.15, 0.2) is 24.3 Å². The fourth-order valence-corrected chi connectivity index (χ4v) is 2.73. The van der Waals surface area contributed by atoms with Crippen molar-refractivity contribution in [3.05, 3.63) is 24.3 Å². The molecule has 1 amide bonds. The minimum Gasteiger partial charge on any atom is -0.388 e. The van der Waals surface area contributed by atoms with E-state index in [0.717, 1.165) is 29.5 Å². The molecule has 4 nitrogen and oxygen atoms in total. The van der Waals surface area contributed by atoms with Gasteiger partial charge in [-0.25, -0.2) is 0 Å². The third-order valence-corrected chi connectivity index (χ3v) is 3.65. The van der Waals surface area contributed by atoms with Crippen molar-refractivity contribution in [2.24, 2.45) is 0 Å². The average Bonchev–Trinajstić information content (AvgIpc) is 2.82. The number of carbonyl (C=O) groups is 1. The molecule has 2 rings (SSSR count). The minimum absolute atomic E-state index is 0.0563. The van der Waals surface area contributed by atoms with E-state index in [1.807, 2.05) is 43.1 Å². The zero-order chi connectivity index (χ0) is 12.1. The Morgan fingerprint density at radius 2 is 2.29 bits per heavy atom. The van der Waals surface area contributed by atoms with Gasteiger partial charge < -0.3 is 10.6 Å². The van der Waals surface area contributed by atoms with Crippen LogP contribution in [-0.4, -0.2) is 42.6 Å². The van der Waals surface area contributed by atoms with Gasteiger partial charge in [-0.1, -0.05) is 6.07 Å². The molecule has 5 heteroatoms. The lowest BCUT2D eigenvalue weighted by molar-refractivity contribution is -0.117. The normalized spacial score (nSPS) is 15.8. The van der Waals surface area contributed by atoms with Crippen molar-refractivity contribution >= 4 is 29.0 Å². The van der Waals surface area contributed by atoms with Gasteiger partial charge in [-0.15, -0.1) is 11.8 Å². The summed E-state index contributed by atoms with van der Waals surface area (Å²) in [5, 5.41) is 5.96. The smallest absolute Gasteiger partial charge is 0.238 e. The molecule has 1 aliphatic heterocycles. The highest BCUT2D eigenvalue weighted by Crippen LogP contribution is 2.15. The van der Waals surface area contributed by atoms with Crippen molar-refractivity contribution in [1.29, 1.82) is 0 Å². The summed E-state index contributed by atoms with van der Waals surface area (Å²) >= 11 is 1.87. The van der Waals surface area contributed by atoms with E-state index in [-0.39, 0.29) is 5.91 Å². The van der Waals surface area contributed by atoms with Gasteiger partial charge in [0.05, 0.1) is 6.54 Å². The van der Waals surface area contributed by atoms with Crippen LogP contribution in [0.1, 0.15) is 0 Å². The summed E-state index contributed by atoms with van der Waals surface area (Å²) in [5.74, 6) is 2.15. The van der Waals surface area contributed by atoms with E-state index in [0.29, 0.717) is 6.54 Å². The lowest BCUT2D eigenvalue weighted by Gasteiger charge is -2.13. The zero-order valence-electron chi connectivity index (χ0n) is 9.90. The highest BCUT2D eigenvalue weighted by molar-refractivity contribution is 7.99. The molecule has 1 aromatic carbocycles. The zero-order valence-corrected chi connectivity index (χ0v) is 10.7. The van der Waals surface area contributed by atoms with Gasteiger partial charge in [0.15, 0.2) is 0 Å². The third-order valence-electron chi connectivity index (χ3n) is 2.63. The molecule has 1 saturated heterocycles. The van der Waals surface area contributed by atoms with Gasteiger partial charge in [0.2, 0.25) is 5.91 Å². The Kier molecular flexibility index (Phi) is 4.28. The van der Waals surface area contributed by atoms with E-state index >= 15 is 0 Å². The van der Waals surface area contributed by atoms with E-state index < -0.39 is 0 Å². The molecule has 0 unspecified atom stereocenters. The maximum atomic E-state index is 11.8. The Morgan fingerprint density at radius 3 is 3.00 bits per heavy atom. The van der Waals surface area contributed by atoms with Crippen molar-refractivity contribution < 1.29 is 4.79 Å². The number of anilines is 2. The van der Waals surface area contributed by atoms with Crippen molar-refractivity contribution in [1.82, 2.24) is 4.90 Å². The Balaban J connectivity index is 1.88. The number of carbonyl (C=O) groups excluding carboxylic acids is 1. The van der Waals surface area contributed by atoms with E-state index in [1.54, 1.807) is 0 Å². The number of hydrogen-bond donors (Lipinski definition) is 2. The summed E-state index contributed by atoms with van der Waals surface area (Å²) in [7, 11) is 1.86. The van der Waals surface area contributed by atoms with E-state index in [4.69, 9.17) is 0 Å². The molecule has 0 aromatic heterocycles. The van der Waals surface area contributed by atoms with E-state index in [1.165, 1.54) is 0 Å². The number of amides is 1. The summed E-state index contributed by atoms with van der Waals surface area (Å²) in [6, 6.07) is 7.72. The lowest BCUT2D eigenvalue weighted by atomic mass is 10.2. The summed E-state index contributed by atoms with van der Waals surface area (Å²) < 4.78 is 0. The van der Waals surface area contributed by atoms with Crippen molar-refractivity contribution in [2.75, 3.05) is 42.4 Å². The SMILES string of the molecule is CNc1cccc(NC(=O)CN2CCSC2)c1. The minimum atomic E-state index is 0.0563. The molecule has 92 valence electrons. The second-order valence-corrected chi connectivity index (χ2v) is 5.04. The first-order valence-corrected chi connectivity index (χ1v) is 6.81. The predicted octanol–water partition coefficient (Wildman–Crippen LogP) is 1.67. The predicted molar refractivity (Wildman–Crippen MR) is 73.5 cm³/mol. The standard InChI is InChI=1S/C12H17N3OS/c1-13-10-3-2-4-11(7-10)14-12(16)8-15-5-6-17-9-15/h2-4,7,13H,5-6,8-9H2,1H3,(H,14,16). The molecular formula is C12H17N3OS. The van der Waals surface area contributed by atoms with Gasteiger partial charge >= 0.3 is 0 Å². The molecule has 2 N–H and O–H groups in total. The van der Waals surface area contributed by atoms with Gasteiger partial charge in [-0.2, -0.15) is 0 Å². The van der Waals surface area contributed by atoms with E-state index in [2.05, 4.69) is 15.5 Å².